The largest absolute Gasteiger partial charge is 0.405 e. The second kappa shape index (κ2) is 4.77. The Morgan fingerprint density at radius 2 is 2.00 bits per heavy atom. The molecule has 0 aromatic rings. The van der Waals surface area contributed by atoms with Gasteiger partial charge in [-0.05, 0) is 46.4 Å². The Morgan fingerprint density at radius 3 is 2.31 bits per heavy atom. The van der Waals surface area contributed by atoms with Crippen LogP contribution in [-0.4, -0.2) is 15.0 Å². The lowest BCUT2D eigenvalue weighted by Crippen LogP contribution is -2.39. The van der Waals surface area contributed by atoms with E-state index in [4.69, 9.17) is 5.73 Å². The highest BCUT2D eigenvalue weighted by Crippen LogP contribution is 2.10. The van der Waals surface area contributed by atoms with Gasteiger partial charge in [-0.2, -0.15) is 0 Å². The third kappa shape index (κ3) is 4.43. The molecule has 0 spiro atoms. The summed E-state index contributed by atoms with van der Waals surface area (Å²) in [6, 6.07) is 0.0602. The van der Waals surface area contributed by atoms with Crippen molar-refractivity contribution in [1.82, 2.24) is 4.72 Å². The Morgan fingerprint density at radius 1 is 1.54 bits per heavy atom. The van der Waals surface area contributed by atoms with Crippen LogP contribution in [0.2, 0.25) is 0 Å². The highest BCUT2D eigenvalue weighted by molar-refractivity contribution is 7.84. The third-order valence-corrected chi connectivity index (χ3v) is 3.47. The molecule has 0 aliphatic carbocycles. The van der Waals surface area contributed by atoms with E-state index >= 15 is 0 Å². The van der Waals surface area contributed by atoms with Crippen molar-refractivity contribution < 1.29 is 4.21 Å². The molecule has 0 saturated carbocycles. The molecule has 0 fully saturated rings. The molecule has 0 heterocycles. The van der Waals surface area contributed by atoms with Gasteiger partial charge in [0.1, 0.15) is 0 Å². The third-order valence-electron chi connectivity index (χ3n) is 1.79. The number of hydrogen-bond acceptors (Lipinski definition) is 2. The highest BCUT2D eigenvalue weighted by Gasteiger charge is 2.21. The molecule has 2 unspecified atom stereocenters. The van der Waals surface area contributed by atoms with E-state index in [2.05, 4.69) is 4.72 Å². The first-order valence-corrected chi connectivity index (χ1v) is 5.50. The van der Waals surface area contributed by atoms with Gasteiger partial charge in [0, 0.05) is 6.04 Å². The Kier molecular flexibility index (Phi) is 4.64. The normalized spacial score (nSPS) is 18.4. The summed E-state index contributed by atoms with van der Waals surface area (Å²) in [7, 11) is -1.04. The molecule has 0 bridgehead atoms. The quantitative estimate of drug-likeness (QED) is 0.728. The summed E-state index contributed by atoms with van der Waals surface area (Å²) in [6.07, 6.45) is 1.54. The second-order valence-corrected chi connectivity index (χ2v) is 6.13. The van der Waals surface area contributed by atoms with Gasteiger partial charge in [-0.15, -0.1) is 0 Å². The van der Waals surface area contributed by atoms with Crippen molar-refractivity contribution in [3.63, 3.8) is 0 Å². The second-order valence-electron chi connectivity index (χ2n) is 4.13. The van der Waals surface area contributed by atoms with E-state index in [1.165, 1.54) is 6.20 Å². The van der Waals surface area contributed by atoms with Crippen molar-refractivity contribution in [2.45, 2.75) is 45.4 Å². The molecule has 0 saturated heterocycles. The van der Waals surface area contributed by atoms with Crippen molar-refractivity contribution in [2.75, 3.05) is 0 Å². The van der Waals surface area contributed by atoms with Gasteiger partial charge in [-0.1, -0.05) is 0 Å². The van der Waals surface area contributed by atoms with Crippen molar-refractivity contribution in [3.05, 3.63) is 11.8 Å². The molecule has 13 heavy (non-hydrogen) atoms. The molecule has 4 heteroatoms. The van der Waals surface area contributed by atoms with Gasteiger partial charge in [0.15, 0.2) is 0 Å². The molecule has 3 N–H and O–H groups in total. The molecule has 0 amide bonds. The highest BCUT2D eigenvalue weighted by atomic mass is 32.2. The van der Waals surface area contributed by atoms with Crippen LogP contribution >= 0.6 is 0 Å². The van der Waals surface area contributed by atoms with Crippen molar-refractivity contribution in [3.8, 4) is 0 Å². The summed E-state index contributed by atoms with van der Waals surface area (Å²) in [4.78, 5) is 0. The predicted octanol–water partition coefficient (Wildman–Crippen LogP) is 1.29. The zero-order valence-electron chi connectivity index (χ0n) is 9.05. The van der Waals surface area contributed by atoms with Crippen LogP contribution < -0.4 is 10.5 Å². The Labute approximate surface area is 83.4 Å². The molecule has 3 nitrogen and oxygen atoms in total. The first kappa shape index (κ1) is 12.7. The van der Waals surface area contributed by atoms with Gasteiger partial charge in [-0.25, -0.2) is 8.93 Å². The molecule has 0 rings (SSSR count). The van der Waals surface area contributed by atoms with Gasteiger partial charge >= 0.3 is 0 Å². The molecular weight excluding hydrogens is 184 g/mol. The molecule has 0 aliphatic heterocycles. The van der Waals surface area contributed by atoms with E-state index in [1.54, 1.807) is 0 Å². The number of rotatable bonds is 3. The predicted molar refractivity (Wildman–Crippen MR) is 58.4 cm³/mol. The molecule has 0 aromatic carbocycles. The van der Waals surface area contributed by atoms with Crippen molar-refractivity contribution in [2.24, 2.45) is 5.73 Å². The monoisotopic (exact) mass is 204 g/mol. The Bertz CT molecular complexity index is 218. The van der Waals surface area contributed by atoms with E-state index in [1.807, 2.05) is 34.6 Å². The fourth-order valence-corrected chi connectivity index (χ4v) is 1.44. The molecule has 2 atom stereocenters. The minimum absolute atomic E-state index is 0.0602. The van der Waals surface area contributed by atoms with E-state index < -0.39 is 11.0 Å². The molecular formula is C9H20N2OS. The zero-order valence-corrected chi connectivity index (χ0v) is 9.87. The lowest BCUT2D eigenvalue weighted by Gasteiger charge is -2.22. The van der Waals surface area contributed by atoms with Crippen LogP contribution in [0.25, 0.3) is 0 Å². The van der Waals surface area contributed by atoms with Crippen molar-refractivity contribution in [1.29, 1.82) is 0 Å². The average Bonchev–Trinajstić information content (AvgIpc) is 2.01. The van der Waals surface area contributed by atoms with Gasteiger partial charge < -0.3 is 5.73 Å². The Balaban J connectivity index is 4.23. The maximum atomic E-state index is 11.6. The lowest BCUT2D eigenvalue weighted by atomic mass is 10.2. The maximum absolute atomic E-state index is 11.6. The summed E-state index contributed by atoms with van der Waals surface area (Å²) in [6.45, 7) is 9.67. The summed E-state index contributed by atoms with van der Waals surface area (Å²) in [5, 5.41) is 0. The Hall–Kier alpha value is -0.350. The van der Waals surface area contributed by atoms with Crippen LogP contribution in [0.3, 0.4) is 0 Å². The first-order valence-electron chi connectivity index (χ1n) is 4.35. The van der Waals surface area contributed by atoms with Gasteiger partial charge in [0.2, 0.25) is 0 Å². The van der Waals surface area contributed by atoms with Crippen LogP contribution in [0.1, 0.15) is 34.6 Å². The summed E-state index contributed by atoms with van der Waals surface area (Å²) in [5.74, 6) is 0. The fraction of sp³-hybridized carbons (Fsp3) is 0.778. The van der Waals surface area contributed by atoms with Crippen molar-refractivity contribution >= 4 is 11.0 Å². The molecule has 0 aliphatic rings. The zero-order chi connectivity index (χ0) is 10.6. The maximum Gasteiger partial charge on any atom is 0.0975 e. The van der Waals surface area contributed by atoms with E-state index in [0.29, 0.717) is 0 Å². The summed E-state index contributed by atoms with van der Waals surface area (Å²) in [5.41, 5.74) is 6.35. The van der Waals surface area contributed by atoms with E-state index in [-0.39, 0.29) is 10.8 Å². The number of hydrogen-bond donors (Lipinski definition) is 2. The SMILES string of the molecule is C/C(=C\N)C(C)NS(=O)C(C)(C)C. The van der Waals surface area contributed by atoms with Crippen LogP contribution in [0, 0.1) is 0 Å². The van der Waals surface area contributed by atoms with E-state index in [0.717, 1.165) is 5.57 Å². The average molecular weight is 204 g/mol. The van der Waals surface area contributed by atoms with E-state index in [9.17, 15) is 4.21 Å². The van der Waals surface area contributed by atoms with Gasteiger partial charge in [0.05, 0.1) is 15.7 Å². The lowest BCUT2D eigenvalue weighted by molar-refractivity contribution is 0.624. The smallest absolute Gasteiger partial charge is 0.0975 e. The minimum Gasteiger partial charge on any atom is -0.405 e. The molecule has 0 aromatic heterocycles. The van der Waals surface area contributed by atoms with Crippen LogP contribution in [0.4, 0.5) is 0 Å². The standard InChI is InChI=1S/C9H20N2OS/c1-7(6-10)8(2)11-13(12)9(3,4)5/h6,8,11H,10H2,1-5H3/b7-6+. The summed E-state index contributed by atoms with van der Waals surface area (Å²) < 4.78 is 14.4. The first-order chi connectivity index (χ1) is 5.79. The van der Waals surface area contributed by atoms with Crippen LogP contribution in [0.15, 0.2) is 11.8 Å². The number of nitrogens with two attached hydrogens (primary N) is 1. The summed E-state index contributed by atoms with van der Waals surface area (Å²) >= 11 is 0. The van der Waals surface area contributed by atoms with Gasteiger partial charge in [-0.3, -0.25) is 0 Å². The number of nitrogens with one attached hydrogen (secondary N) is 1. The molecule has 0 radical (unpaired) electrons. The minimum atomic E-state index is -1.04. The van der Waals surface area contributed by atoms with Crippen LogP contribution in [-0.2, 0) is 11.0 Å². The topological polar surface area (TPSA) is 55.1 Å². The fourth-order valence-electron chi connectivity index (χ4n) is 0.575. The van der Waals surface area contributed by atoms with Gasteiger partial charge in [0.25, 0.3) is 0 Å². The molecule has 78 valence electrons. The van der Waals surface area contributed by atoms with Crippen LogP contribution in [0.5, 0.6) is 0 Å².